The van der Waals surface area contributed by atoms with Crippen LogP contribution in [0.15, 0.2) is 48.5 Å². The molecule has 2 rings (SSSR count). The minimum atomic E-state index is -0.970. The van der Waals surface area contributed by atoms with Crippen molar-refractivity contribution in [2.24, 2.45) is 0 Å². The number of carbonyl (C=O) groups is 2. The third-order valence-electron chi connectivity index (χ3n) is 6.08. The van der Waals surface area contributed by atoms with Crippen molar-refractivity contribution >= 4 is 12.1 Å². The molecule has 0 bridgehead atoms. The van der Waals surface area contributed by atoms with Crippen molar-refractivity contribution in [3.05, 3.63) is 59.7 Å². The van der Waals surface area contributed by atoms with E-state index in [2.05, 4.69) is 5.32 Å². The highest BCUT2D eigenvalue weighted by Gasteiger charge is 2.29. The van der Waals surface area contributed by atoms with Gasteiger partial charge in [-0.2, -0.15) is 0 Å². The van der Waals surface area contributed by atoms with Gasteiger partial charge >= 0.3 is 12.1 Å². The van der Waals surface area contributed by atoms with Crippen LogP contribution >= 0.6 is 0 Å². The minimum absolute atomic E-state index is 0.0503. The second kappa shape index (κ2) is 17.5. The Bertz CT molecular complexity index is 1070. The number of hydrogen-bond acceptors (Lipinski definition) is 10. The number of ether oxygens (including phenoxy) is 7. The van der Waals surface area contributed by atoms with Crippen LogP contribution in [0.5, 0.6) is 11.5 Å². The number of benzene rings is 2. The highest BCUT2D eigenvalue weighted by molar-refractivity contribution is 5.81. The largest absolute Gasteiger partial charge is 0.497 e. The Kier molecular flexibility index (Phi) is 14.5. The van der Waals surface area contributed by atoms with Gasteiger partial charge in [0.05, 0.1) is 47.3 Å². The Morgan fingerprint density at radius 1 is 0.857 bits per heavy atom. The molecular formula is C31H45NO10. The molecular weight excluding hydrogens is 546 g/mol. The van der Waals surface area contributed by atoms with Crippen LogP contribution in [0, 0.1) is 0 Å². The van der Waals surface area contributed by atoms with Gasteiger partial charge in [-0.05, 0) is 63.1 Å². The Labute approximate surface area is 248 Å². The summed E-state index contributed by atoms with van der Waals surface area (Å²) in [6.45, 7) is 7.40. The van der Waals surface area contributed by atoms with Gasteiger partial charge in [-0.15, -0.1) is 0 Å². The van der Waals surface area contributed by atoms with E-state index in [0.717, 1.165) is 22.6 Å². The number of alkyl carbamates (subject to hydrolysis) is 1. The van der Waals surface area contributed by atoms with E-state index in [1.807, 2.05) is 48.5 Å². The van der Waals surface area contributed by atoms with Crippen LogP contribution in [0.3, 0.4) is 0 Å². The molecule has 0 spiro atoms. The molecule has 234 valence electrons. The van der Waals surface area contributed by atoms with E-state index in [1.54, 1.807) is 41.9 Å². The quantitative estimate of drug-likeness (QED) is 0.205. The van der Waals surface area contributed by atoms with E-state index < -0.39 is 42.0 Å². The SMILES string of the molecule is COC(=O)[C@H](CCOC[C@H](OCc1ccc(OC)cc1)[C@@H](OCc1ccc(OC)cc1)[C@H](C)O)NC(=O)OC(C)(C)C. The second-order valence-electron chi connectivity index (χ2n) is 10.6. The molecule has 2 aromatic carbocycles. The van der Waals surface area contributed by atoms with Crippen LogP contribution in [-0.2, 0) is 41.7 Å². The fraction of sp³-hybridized carbons (Fsp3) is 0.548. The van der Waals surface area contributed by atoms with Crippen molar-refractivity contribution in [1.82, 2.24) is 5.32 Å². The lowest BCUT2D eigenvalue weighted by Gasteiger charge is -2.30. The Morgan fingerprint density at radius 2 is 1.38 bits per heavy atom. The number of hydrogen-bond donors (Lipinski definition) is 2. The molecule has 0 saturated carbocycles. The van der Waals surface area contributed by atoms with Gasteiger partial charge in [0.25, 0.3) is 0 Å². The molecule has 1 amide bonds. The molecule has 2 N–H and O–H groups in total. The van der Waals surface area contributed by atoms with Crippen LogP contribution < -0.4 is 14.8 Å². The number of aliphatic hydroxyl groups excluding tert-OH is 1. The number of amides is 1. The first kappa shape index (κ1) is 34.8. The molecule has 42 heavy (non-hydrogen) atoms. The number of nitrogens with one attached hydrogen (secondary N) is 1. The zero-order chi connectivity index (χ0) is 31.1. The topological polar surface area (TPSA) is 131 Å². The highest BCUT2D eigenvalue weighted by atomic mass is 16.6. The summed E-state index contributed by atoms with van der Waals surface area (Å²) >= 11 is 0. The van der Waals surface area contributed by atoms with Gasteiger partial charge in [0.15, 0.2) is 0 Å². The molecule has 2 aromatic rings. The Balaban J connectivity index is 2.08. The summed E-state index contributed by atoms with van der Waals surface area (Å²) in [5.41, 5.74) is 1.07. The summed E-state index contributed by atoms with van der Waals surface area (Å²) in [6, 6.07) is 13.9. The zero-order valence-electron chi connectivity index (χ0n) is 25.6. The molecule has 11 nitrogen and oxygen atoms in total. The van der Waals surface area contributed by atoms with Gasteiger partial charge in [0, 0.05) is 13.0 Å². The molecule has 0 heterocycles. The third kappa shape index (κ3) is 12.6. The van der Waals surface area contributed by atoms with Gasteiger partial charge in [-0.3, -0.25) is 0 Å². The molecule has 0 aromatic heterocycles. The monoisotopic (exact) mass is 591 g/mol. The normalized spacial score (nSPS) is 14.3. The maximum atomic E-state index is 12.3. The lowest BCUT2D eigenvalue weighted by atomic mass is 10.1. The van der Waals surface area contributed by atoms with Crippen LogP contribution in [0.1, 0.15) is 45.2 Å². The van der Waals surface area contributed by atoms with Crippen molar-refractivity contribution in [2.75, 3.05) is 34.5 Å². The van der Waals surface area contributed by atoms with Gasteiger partial charge in [-0.25, -0.2) is 9.59 Å². The molecule has 0 saturated heterocycles. The lowest BCUT2D eigenvalue weighted by molar-refractivity contribution is -0.150. The molecule has 4 atom stereocenters. The second-order valence-corrected chi connectivity index (χ2v) is 10.6. The minimum Gasteiger partial charge on any atom is -0.497 e. The number of carbonyl (C=O) groups excluding carboxylic acids is 2. The van der Waals surface area contributed by atoms with E-state index in [4.69, 9.17) is 33.2 Å². The molecule has 0 aliphatic rings. The number of rotatable bonds is 17. The first-order valence-corrected chi connectivity index (χ1v) is 13.8. The van der Waals surface area contributed by atoms with Gasteiger partial charge in [0.1, 0.15) is 35.3 Å². The van der Waals surface area contributed by atoms with E-state index in [9.17, 15) is 14.7 Å². The molecule has 0 aliphatic heterocycles. The highest BCUT2D eigenvalue weighted by Crippen LogP contribution is 2.19. The average molecular weight is 592 g/mol. The summed E-state index contributed by atoms with van der Waals surface area (Å²) in [7, 11) is 4.43. The van der Waals surface area contributed by atoms with Crippen LogP contribution in [0.2, 0.25) is 0 Å². The first-order chi connectivity index (χ1) is 19.9. The van der Waals surface area contributed by atoms with Gasteiger partial charge in [-0.1, -0.05) is 24.3 Å². The smallest absolute Gasteiger partial charge is 0.408 e. The standard InChI is InChI=1S/C31H45NO10/c1-21(33)28(41-19-23-10-14-25(37-6)15-11-23)27(40-18-22-8-12-24(36-5)13-9-22)20-39-17-16-26(29(34)38-7)32-30(35)42-31(2,3)4/h8-15,21,26-28,33H,16-20H2,1-7H3,(H,32,35)/t21-,26-,27-,28-/m0/s1. The summed E-state index contributed by atoms with van der Waals surface area (Å²) in [5, 5.41) is 13.2. The zero-order valence-corrected chi connectivity index (χ0v) is 25.6. The molecule has 11 heteroatoms. The van der Waals surface area contributed by atoms with Crippen LogP contribution in [-0.4, -0.2) is 81.7 Å². The fourth-order valence-electron chi connectivity index (χ4n) is 3.88. The van der Waals surface area contributed by atoms with Crippen LogP contribution in [0.25, 0.3) is 0 Å². The predicted molar refractivity (Wildman–Crippen MR) is 155 cm³/mol. The van der Waals surface area contributed by atoms with E-state index >= 15 is 0 Å². The summed E-state index contributed by atoms with van der Waals surface area (Å²) < 4.78 is 38.7. The predicted octanol–water partition coefficient (Wildman–Crippen LogP) is 4.03. The van der Waals surface area contributed by atoms with Crippen molar-refractivity contribution in [2.45, 2.75) is 77.3 Å². The van der Waals surface area contributed by atoms with Crippen LogP contribution in [0.4, 0.5) is 4.79 Å². The maximum absolute atomic E-state index is 12.3. The van der Waals surface area contributed by atoms with E-state index in [1.165, 1.54) is 7.11 Å². The number of aliphatic hydroxyl groups is 1. The third-order valence-corrected chi connectivity index (χ3v) is 6.08. The number of methoxy groups -OCH3 is 3. The van der Waals surface area contributed by atoms with Gasteiger partial charge in [0.2, 0.25) is 0 Å². The number of esters is 1. The first-order valence-electron chi connectivity index (χ1n) is 13.8. The Hall–Kier alpha value is -3.38. The Morgan fingerprint density at radius 3 is 1.83 bits per heavy atom. The lowest BCUT2D eigenvalue weighted by Crippen LogP contribution is -2.45. The fourth-order valence-corrected chi connectivity index (χ4v) is 3.88. The van der Waals surface area contributed by atoms with Crippen molar-refractivity contribution in [3.63, 3.8) is 0 Å². The van der Waals surface area contributed by atoms with Crippen molar-refractivity contribution in [3.8, 4) is 11.5 Å². The average Bonchev–Trinajstić information content (AvgIpc) is 2.95. The van der Waals surface area contributed by atoms with Crippen molar-refractivity contribution < 1.29 is 47.9 Å². The van der Waals surface area contributed by atoms with Crippen molar-refractivity contribution in [1.29, 1.82) is 0 Å². The molecule has 0 radical (unpaired) electrons. The van der Waals surface area contributed by atoms with Gasteiger partial charge < -0.3 is 43.6 Å². The molecule has 0 aliphatic carbocycles. The summed E-state index contributed by atoms with van der Waals surface area (Å²) in [6.07, 6.45) is -2.89. The molecule has 0 fully saturated rings. The van der Waals surface area contributed by atoms with E-state index in [-0.39, 0.29) is 32.8 Å². The molecule has 0 unspecified atom stereocenters. The summed E-state index contributed by atoms with van der Waals surface area (Å²) in [5.74, 6) is 0.830. The maximum Gasteiger partial charge on any atom is 0.408 e. The summed E-state index contributed by atoms with van der Waals surface area (Å²) in [4.78, 5) is 24.5. The van der Waals surface area contributed by atoms with E-state index in [0.29, 0.717) is 0 Å².